The summed E-state index contributed by atoms with van der Waals surface area (Å²) in [5.41, 5.74) is 7.56. The van der Waals surface area contributed by atoms with E-state index in [1.165, 1.54) is 24.0 Å². The Bertz CT molecular complexity index is 650. The highest BCUT2D eigenvalue weighted by molar-refractivity contribution is 6.04. The van der Waals surface area contributed by atoms with Gasteiger partial charge < -0.3 is 10.7 Å². The third-order valence-corrected chi connectivity index (χ3v) is 3.96. The maximum Gasteiger partial charge on any atom is 0.255 e. The van der Waals surface area contributed by atoms with E-state index < -0.39 is 0 Å². The van der Waals surface area contributed by atoms with E-state index in [2.05, 4.69) is 16.8 Å². The Kier molecular flexibility index (Phi) is 3.88. The molecule has 4 heteroatoms. The number of hydrazine groups is 1. The highest BCUT2D eigenvalue weighted by Crippen LogP contribution is 2.28. The van der Waals surface area contributed by atoms with Gasteiger partial charge in [-0.15, -0.1) is 0 Å². The molecule has 0 radical (unpaired) electrons. The molecular weight excluding hydrogens is 262 g/mol. The molecular formula is C17H19N3O. The molecule has 1 amide bonds. The van der Waals surface area contributed by atoms with Crippen molar-refractivity contribution in [3.05, 3.63) is 59.2 Å². The molecule has 0 saturated heterocycles. The summed E-state index contributed by atoms with van der Waals surface area (Å²) >= 11 is 0. The number of nitrogens with one attached hydrogen (secondary N) is 2. The Hall–Kier alpha value is -2.33. The summed E-state index contributed by atoms with van der Waals surface area (Å²) in [4.78, 5) is 12.3. The second kappa shape index (κ2) is 5.97. The van der Waals surface area contributed by atoms with E-state index in [0.29, 0.717) is 5.56 Å². The molecule has 4 nitrogen and oxygen atoms in total. The molecule has 0 unspecified atom stereocenters. The summed E-state index contributed by atoms with van der Waals surface area (Å²) in [6, 6.07) is 13.3. The van der Waals surface area contributed by atoms with Crippen LogP contribution in [0.3, 0.4) is 0 Å². The summed E-state index contributed by atoms with van der Waals surface area (Å²) in [5, 5.41) is 3.03. The third kappa shape index (κ3) is 2.90. The van der Waals surface area contributed by atoms with Crippen molar-refractivity contribution in [2.24, 2.45) is 5.84 Å². The van der Waals surface area contributed by atoms with Gasteiger partial charge in [0.2, 0.25) is 0 Å². The largest absolute Gasteiger partial charge is 0.324 e. The van der Waals surface area contributed by atoms with E-state index in [4.69, 9.17) is 5.84 Å². The molecule has 0 fully saturated rings. The molecule has 2 aromatic carbocycles. The molecule has 0 saturated carbocycles. The Balaban J connectivity index is 1.81. The highest BCUT2D eigenvalue weighted by Gasteiger charge is 2.15. The first-order valence-electron chi connectivity index (χ1n) is 7.27. The van der Waals surface area contributed by atoms with Crippen molar-refractivity contribution in [2.45, 2.75) is 25.7 Å². The Labute approximate surface area is 124 Å². The molecule has 0 heterocycles. The topological polar surface area (TPSA) is 67.1 Å². The van der Waals surface area contributed by atoms with Crippen molar-refractivity contribution < 1.29 is 4.79 Å². The van der Waals surface area contributed by atoms with Gasteiger partial charge in [-0.25, -0.2) is 0 Å². The zero-order valence-electron chi connectivity index (χ0n) is 11.9. The fraction of sp³-hybridized carbons (Fsp3) is 0.235. The summed E-state index contributed by atoms with van der Waals surface area (Å²) < 4.78 is 0. The normalized spacial score (nSPS) is 13.4. The van der Waals surface area contributed by atoms with Crippen molar-refractivity contribution in [2.75, 3.05) is 10.7 Å². The van der Waals surface area contributed by atoms with Crippen LogP contribution in [-0.4, -0.2) is 5.91 Å². The zero-order chi connectivity index (χ0) is 14.7. The van der Waals surface area contributed by atoms with Gasteiger partial charge in [0, 0.05) is 16.9 Å². The van der Waals surface area contributed by atoms with Crippen LogP contribution in [0.5, 0.6) is 0 Å². The SMILES string of the molecule is NNc1ccc(C(=O)Nc2cccc3c2CCCC3)cc1. The lowest BCUT2D eigenvalue weighted by Gasteiger charge is -2.19. The van der Waals surface area contributed by atoms with Crippen molar-refractivity contribution in [3.8, 4) is 0 Å². The molecule has 4 N–H and O–H groups in total. The number of hydrogen-bond donors (Lipinski definition) is 3. The predicted octanol–water partition coefficient (Wildman–Crippen LogP) is 3.10. The standard InChI is InChI=1S/C17H19N3O/c18-20-14-10-8-13(9-11-14)17(21)19-16-7-3-5-12-4-1-2-6-15(12)16/h3,5,7-11,20H,1-2,4,6,18H2,(H,19,21). The van der Waals surface area contributed by atoms with Crippen LogP contribution in [0, 0.1) is 0 Å². The minimum Gasteiger partial charge on any atom is -0.324 e. The highest BCUT2D eigenvalue weighted by atomic mass is 16.1. The van der Waals surface area contributed by atoms with E-state index in [0.717, 1.165) is 24.2 Å². The van der Waals surface area contributed by atoms with E-state index in [1.54, 1.807) is 24.3 Å². The third-order valence-electron chi connectivity index (χ3n) is 3.96. The number of aryl methyl sites for hydroxylation is 1. The second-order valence-corrected chi connectivity index (χ2v) is 5.33. The van der Waals surface area contributed by atoms with Gasteiger partial charge >= 0.3 is 0 Å². The fourth-order valence-electron chi connectivity index (χ4n) is 2.81. The minimum atomic E-state index is -0.0856. The number of nitrogen functional groups attached to an aromatic ring is 1. The second-order valence-electron chi connectivity index (χ2n) is 5.33. The van der Waals surface area contributed by atoms with Crippen molar-refractivity contribution in [1.29, 1.82) is 0 Å². The number of carbonyl (C=O) groups is 1. The molecule has 1 aliphatic rings. The maximum absolute atomic E-state index is 12.3. The first kappa shape index (κ1) is 13.6. The predicted molar refractivity (Wildman–Crippen MR) is 85.3 cm³/mol. The lowest BCUT2D eigenvalue weighted by atomic mass is 9.90. The van der Waals surface area contributed by atoms with Gasteiger partial charge in [-0.3, -0.25) is 10.6 Å². The van der Waals surface area contributed by atoms with Gasteiger partial charge in [-0.2, -0.15) is 0 Å². The fourth-order valence-corrected chi connectivity index (χ4v) is 2.81. The zero-order valence-corrected chi connectivity index (χ0v) is 11.9. The van der Waals surface area contributed by atoms with Crippen molar-refractivity contribution in [3.63, 3.8) is 0 Å². The van der Waals surface area contributed by atoms with Crippen molar-refractivity contribution in [1.82, 2.24) is 0 Å². The Morgan fingerprint density at radius 1 is 1.00 bits per heavy atom. The summed E-state index contributed by atoms with van der Waals surface area (Å²) in [6.45, 7) is 0. The van der Waals surface area contributed by atoms with Gasteiger partial charge in [-0.05, 0) is 67.1 Å². The lowest BCUT2D eigenvalue weighted by Crippen LogP contribution is -2.15. The maximum atomic E-state index is 12.3. The van der Waals surface area contributed by atoms with E-state index >= 15 is 0 Å². The molecule has 0 bridgehead atoms. The van der Waals surface area contributed by atoms with Crippen LogP contribution < -0.4 is 16.6 Å². The van der Waals surface area contributed by atoms with Gasteiger partial charge in [0.15, 0.2) is 0 Å². The Morgan fingerprint density at radius 2 is 1.76 bits per heavy atom. The van der Waals surface area contributed by atoms with Crippen LogP contribution in [0.1, 0.15) is 34.3 Å². The van der Waals surface area contributed by atoms with Crippen molar-refractivity contribution >= 4 is 17.3 Å². The number of amides is 1. The summed E-state index contributed by atoms with van der Waals surface area (Å²) in [7, 11) is 0. The monoisotopic (exact) mass is 281 g/mol. The molecule has 2 aromatic rings. The number of nitrogens with two attached hydrogens (primary N) is 1. The quantitative estimate of drug-likeness (QED) is 0.598. The lowest BCUT2D eigenvalue weighted by molar-refractivity contribution is 0.102. The van der Waals surface area contributed by atoms with Crippen LogP contribution in [0.4, 0.5) is 11.4 Å². The van der Waals surface area contributed by atoms with Crippen LogP contribution in [0.15, 0.2) is 42.5 Å². The van der Waals surface area contributed by atoms with E-state index in [-0.39, 0.29) is 5.91 Å². The molecule has 0 aromatic heterocycles. The van der Waals surface area contributed by atoms with Crippen LogP contribution in [-0.2, 0) is 12.8 Å². The van der Waals surface area contributed by atoms with Crippen LogP contribution >= 0.6 is 0 Å². The molecule has 108 valence electrons. The van der Waals surface area contributed by atoms with Gasteiger partial charge in [0.05, 0.1) is 0 Å². The average Bonchev–Trinajstić information content (AvgIpc) is 2.55. The first-order chi connectivity index (χ1) is 10.3. The van der Waals surface area contributed by atoms with Crippen LogP contribution in [0.2, 0.25) is 0 Å². The minimum absolute atomic E-state index is 0.0856. The molecule has 0 aliphatic heterocycles. The molecule has 21 heavy (non-hydrogen) atoms. The molecule has 3 rings (SSSR count). The van der Waals surface area contributed by atoms with Gasteiger partial charge in [0.1, 0.15) is 0 Å². The Morgan fingerprint density at radius 3 is 2.52 bits per heavy atom. The summed E-state index contributed by atoms with van der Waals surface area (Å²) in [5.74, 6) is 5.24. The number of benzene rings is 2. The first-order valence-corrected chi connectivity index (χ1v) is 7.27. The smallest absolute Gasteiger partial charge is 0.255 e. The molecule has 0 spiro atoms. The van der Waals surface area contributed by atoms with E-state index in [9.17, 15) is 4.79 Å². The number of hydrogen-bond acceptors (Lipinski definition) is 3. The van der Waals surface area contributed by atoms with Gasteiger partial charge in [0.25, 0.3) is 5.91 Å². The average molecular weight is 281 g/mol. The summed E-state index contributed by atoms with van der Waals surface area (Å²) in [6.07, 6.45) is 4.58. The number of fused-ring (bicyclic) bond motifs is 1. The van der Waals surface area contributed by atoms with Gasteiger partial charge in [-0.1, -0.05) is 12.1 Å². The van der Waals surface area contributed by atoms with Crippen LogP contribution in [0.25, 0.3) is 0 Å². The number of carbonyl (C=O) groups excluding carboxylic acids is 1. The molecule has 0 atom stereocenters. The number of anilines is 2. The molecule has 1 aliphatic carbocycles. The van der Waals surface area contributed by atoms with E-state index in [1.807, 2.05) is 12.1 Å². The number of rotatable bonds is 3.